The molecule has 0 aliphatic heterocycles. The van der Waals surface area contributed by atoms with Crippen LogP contribution < -0.4 is 10.1 Å². The van der Waals surface area contributed by atoms with Crippen molar-refractivity contribution >= 4 is 49.4 Å². The zero-order valence-corrected chi connectivity index (χ0v) is 22.9. The SMILES string of the molecule is CC12CCC(C(=O)Nc3ccc(OC(=O)C45CCC(C)(C4Br)C5(C)C)cc3)(C1Br)C2(C)C. The summed E-state index contributed by atoms with van der Waals surface area (Å²) in [6.07, 6.45) is 3.84. The Labute approximate surface area is 207 Å². The molecule has 174 valence electrons. The first kappa shape index (κ1) is 22.9. The molecule has 6 unspecified atom stereocenters. The smallest absolute Gasteiger partial charge is 0.319 e. The molecule has 7 rings (SSSR count). The van der Waals surface area contributed by atoms with E-state index in [0.717, 1.165) is 31.4 Å². The maximum Gasteiger partial charge on any atom is 0.319 e. The van der Waals surface area contributed by atoms with Gasteiger partial charge in [-0.3, -0.25) is 9.59 Å². The monoisotopic (exact) mass is 565 g/mol. The van der Waals surface area contributed by atoms with Crippen LogP contribution in [0.3, 0.4) is 0 Å². The van der Waals surface area contributed by atoms with Gasteiger partial charge in [0.25, 0.3) is 0 Å². The average molecular weight is 567 g/mol. The molecule has 6 saturated carbocycles. The van der Waals surface area contributed by atoms with Gasteiger partial charge in [-0.15, -0.1) is 0 Å². The van der Waals surface area contributed by atoms with Crippen LogP contribution in [0.5, 0.6) is 5.75 Å². The first-order valence-electron chi connectivity index (χ1n) is 11.6. The van der Waals surface area contributed by atoms with Crippen LogP contribution in [0.4, 0.5) is 5.69 Å². The number of nitrogens with one attached hydrogen (secondary N) is 1. The molecular weight excluding hydrogens is 534 g/mol. The Hall–Kier alpha value is -0.880. The second kappa shape index (κ2) is 6.41. The Kier molecular flexibility index (Phi) is 4.59. The number of carbonyl (C=O) groups is 2. The predicted octanol–water partition coefficient (Wildman–Crippen LogP) is 6.71. The Morgan fingerprint density at radius 1 is 0.812 bits per heavy atom. The minimum atomic E-state index is -0.483. The highest BCUT2D eigenvalue weighted by Gasteiger charge is 2.81. The minimum absolute atomic E-state index is 0.0510. The number of benzene rings is 1. The maximum atomic E-state index is 13.3. The second-order valence-corrected chi connectivity index (χ2v) is 14.0. The second-order valence-electron chi connectivity index (χ2n) is 12.1. The van der Waals surface area contributed by atoms with Gasteiger partial charge in [0.05, 0.1) is 10.8 Å². The number of rotatable bonds is 4. The molecule has 1 N–H and O–H groups in total. The lowest BCUT2D eigenvalue weighted by Gasteiger charge is -2.64. The number of fused-ring (bicyclic) bond motifs is 2. The number of hydrogen-bond donors (Lipinski definition) is 1. The molecule has 6 fully saturated rings. The Bertz CT molecular complexity index is 939. The molecule has 0 saturated heterocycles. The standard InChI is InChI=1S/C26H33Br2NO3/c1-21(2)23(5)11-13-25(21,17(23)27)19(30)29-15-7-9-16(10-8-15)32-20(31)26-14-12-24(6,18(26)28)22(26,3)4/h7-10,17-18H,11-14H2,1-6H3,(H,29,30). The predicted molar refractivity (Wildman–Crippen MR) is 133 cm³/mol. The molecule has 0 aromatic heterocycles. The summed E-state index contributed by atoms with van der Waals surface area (Å²) >= 11 is 7.63. The Morgan fingerprint density at radius 3 is 1.69 bits per heavy atom. The summed E-state index contributed by atoms with van der Waals surface area (Å²) in [7, 11) is 0. The molecule has 4 bridgehead atoms. The van der Waals surface area contributed by atoms with Gasteiger partial charge in [-0.1, -0.05) is 73.4 Å². The first-order chi connectivity index (χ1) is 14.7. The number of carbonyl (C=O) groups excluding carboxylic acids is 2. The van der Waals surface area contributed by atoms with Crippen LogP contribution in [0.2, 0.25) is 0 Å². The fourth-order valence-electron chi connectivity index (χ4n) is 7.91. The van der Waals surface area contributed by atoms with Gasteiger partial charge in [0.15, 0.2) is 0 Å². The third kappa shape index (κ3) is 2.17. The van der Waals surface area contributed by atoms with E-state index in [1.165, 1.54) is 0 Å². The van der Waals surface area contributed by atoms with Gasteiger partial charge in [0.2, 0.25) is 5.91 Å². The van der Waals surface area contributed by atoms with E-state index in [1.807, 2.05) is 12.1 Å². The van der Waals surface area contributed by atoms with Crippen molar-refractivity contribution in [1.29, 1.82) is 0 Å². The van der Waals surface area contributed by atoms with Gasteiger partial charge in [-0.2, -0.15) is 0 Å². The molecule has 0 radical (unpaired) electrons. The number of halogens is 2. The third-order valence-electron chi connectivity index (χ3n) is 11.2. The van der Waals surface area contributed by atoms with E-state index in [-0.39, 0.29) is 48.6 Å². The van der Waals surface area contributed by atoms with Crippen molar-refractivity contribution in [2.45, 2.75) is 76.9 Å². The summed E-state index contributed by atoms with van der Waals surface area (Å²) in [5.74, 6) is 0.442. The van der Waals surface area contributed by atoms with Crippen LogP contribution in [-0.2, 0) is 9.59 Å². The van der Waals surface area contributed by atoms with Gasteiger partial charge in [-0.25, -0.2) is 0 Å². The van der Waals surface area contributed by atoms with Crippen LogP contribution >= 0.6 is 31.9 Å². The van der Waals surface area contributed by atoms with Gasteiger partial charge in [0.1, 0.15) is 5.75 Å². The fourth-order valence-corrected chi connectivity index (χ4v) is 11.5. The third-order valence-corrected chi connectivity index (χ3v) is 14.8. The summed E-state index contributed by atoms with van der Waals surface area (Å²) in [4.78, 5) is 26.9. The summed E-state index contributed by atoms with van der Waals surface area (Å²) in [6.45, 7) is 13.3. The fraction of sp³-hybridized carbons (Fsp3) is 0.692. The van der Waals surface area contributed by atoms with Crippen molar-refractivity contribution in [1.82, 2.24) is 0 Å². The normalized spacial score (nSPS) is 44.4. The zero-order valence-electron chi connectivity index (χ0n) is 19.8. The lowest BCUT2D eigenvalue weighted by atomic mass is 9.43. The van der Waals surface area contributed by atoms with E-state index in [4.69, 9.17) is 4.74 Å². The average Bonchev–Trinajstić information content (AvgIpc) is 3.34. The summed E-state index contributed by atoms with van der Waals surface area (Å²) in [5, 5.41) is 3.12. The van der Waals surface area contributed by atoms with E-state index in [1.54, 1.807) is 12.1 Å². The van der Waals surface area contributed by atoms with Crippen molar-refractivity contribution < 1.29 is 14.3 Å². The first-order valence-corrected chi connectivity index (χ1v) is 13.5. The van der Waals surface area contributed by atoms with Gasteiger partial charge in [-0.05, 0) is 71.6 Å². The molecule has 6 heteroatoms. The lowest BCUT2D eigenvalue weighted by molar-refractivity contribution is -0.176. The number of hydrogen-bond acceptors (Lipinski definition) is 3. The highest BCUT2D eigenvalue weighted by molar-refractivity contribution is 9.09. The number of amides is 1. The van der Waals surface area contributed by atoms with E-state index in [9.17, 15) is 9.59 Å². The Balaban J connectivity index is 1.28. The molecule has 6 aliphatic rings. The number of anilines is 1. The molecule has 1 aromatic rings. The largest absolute Gasteiger partial charge is 0.426 e. The summed E-state index contributed by atoms with van der Waals surface area (Å²) in [5.41, 5.74) is -0.0141. The van der Waals surface area contributed by atoms with Crippen molar-refractivity contribution in [2.75, 3.05) is 5.32 Å². The number of alkyl halides is 2. The molecule has 0 heterocycles. The minimum Gasteiger partial charge on any atom is -0.426 e. The van der Waals surface area contributed by atoms with E-state index in [0.29, 0.717) is 5.75 Å². The van der Waals surface area contributed by atoms with Crippen LogP contribution in [0.15, 0.2) is 24.3 Å². The van der Waals surface area contributed by atoms with Crippen LogP contribution in [-0.4, -0.2) is 21.5 Å². The highest BCUT2D eigenvalue weighted by Crippen LogP contribution is 2.81. The van der Waals surface area contributed by atoms with E-state index in [2.05, 4.69) is 78.7 Å². The lowest BCUT2D eigenvalue weighted by Crippen LogP contribution is -2.68. The Morgan fingerprint density at radius 2 is 1.28 bits per heavy atom. The molecule has 0 spiro atoms. The van der Waals surface area contributed by atoms with E-state index < -0.39 is 5.41 Å². The van der Waals surface area contributed by atoms with Crippen molar-refractivity contribution in [3.05, 3.63) is 24.3 Å². The van der Waals surface area contributed by atoms with Gasteiger partial charge in [0, 0.05) is 15.3 Å². The molecule has 1 aromatic carbocycles. The van der Waals surface area contributed by atoms with Crippen molar-refractivity contribution in [3.8, 4) is 5.75 Å². The van der Waals surface area contributed by atoms with E-state index >= 15 is 0 Å². The molecule has 6 aliphatic carbocycles. The van der Waals surface area contributed by atoms with Crippen molar-refractivity contribution in [2.24, 2.45) is 32.5 Å². The van der Waals surface area contributed by atoms with Crippen LogP contribution in [0.1, 0.15) is 67.2 Å². The quantitative estimate of drug-likeness (QED) is 0.250. The highest BCUT2D eigenvalue weighted by atomic mass is 79.9. The summed E-state index contributed by atoms with van der Waals surface area (Å²) in [6, 6.07) is 7.21. The van der Waals surface area contributed by atoms with Crippen LogP contribution in [0, 0.1) is 32.5 Å². The van der Waals surface area contributed by atoms with Gasteiger partial charge >= 0.3 is 5.97 Å². The molecule has 4 nitrogen and oxygen atoms in total. The molecule has 6 atom stereocenters. The number of esters is 1. The zero-order chi connectivity index (χ0) is 23.5. The molecule has 32 heavy (non-hydrogen) atoms. The number of ether oxygens (including phenoxy) is 1. The van der Waals surface area contributed by atoms with Crippen LogP contribution in [0.25, 0.3) is 0 Å². The topological polar surface area (TPSA) is 55.4 Å². The molecule has 1 amide bonds. The molecular formula is C26H33Br2NO3. The maximum absolute atomic E-state index is 13.3. The van der Waals surface area contributed by atoms with Gasteiger partial charge < -0.3 is 10.1 Å². The van der Waals surface area contributed by atoms with Crippen molar-refractivity contribution in [3.63, 3.8) is 0 Å². The summed E-state index contributed by atoms with van der Waals surface area (Å²) < 4.78 is 5.85.